The third-order valence-corrected chi connectivity index (χ3v) is 6.41. The summed E-state index contributed by atoms with van der Waals surface area (Å²) in [5, 5.41) is 15.7. The van der Waals surface area contributed by atoms with Gasteiger partial charge in [0.25, 0.3) is 0 Å². The first kappa shape index (κ1) is 28.4. The van der Waals surface area contributed by atoms with E-state index in [-0.39, 0.29) is 0 Å². The van der Waals surface area contributed by atoms with E-state index in [2.05, 4.69) is 63.5 Å². The van der Waals surface area contributed by atoms with Crippen molar-refractivity contribution in [1.29, 1.82) is 0 Å². The van der Waals surface area contributed by atoms with E-state index < -0.39 is 0 Å². The maximum Gasteiger partial charge on any atom is 0.125 e. The molecule has 0 aromatic carbocycles. The third-order valence-electron chi connectivity index (χ3n) is 6.41. The lowest BCUT2D eigenvalue weighted by Crippen LogP contribution is -2.25. The molecule has 39 heavy (non-hydrogen) atoms. The largest absolute Gasteiger partial charge is 0.370 e. The van der Waals surface area contributed by atoms with Gasteiger partial charge in [0.2, 0.25) is 0 Å². The average Bonchev–Trinajstić information content (AvgIpc) is 3.55. The second-order valence-electron chi connectivity index (χ2n) is 10.4. The molecule has 4 rings (SSSR count). The fourth-order valence-corrected chi connectivity index (χ4v) is 4.35. The van der Waals surface area contributed by atoms with Crippen LogP contribution in [0.3, 0.4) is 0 Å². The van der Waals surface area contributed by atoms with Crippen molar-refractivity contribution in [3.8, 4) is 28.3 Å². The van der Waals surface area contributed by atoms with Gasteiger partial charge in [-0.3, -0.25) is 10.1 Å². The Bertz CT molecular complexity index is 1290. The fraction of sp³-hybridized carbons (Fsp3) is 0.429. The SMILES string of the molecule is CC(C)CNc1ccc(-c2nn(-c3ccc(-c4[nH]ncc4CN(C)CCN)nc3)cc2CN(C)CCN)cn1. The Labute approximate surface area is 230 Å². The molecule has 0 amide bonds. The second-order valence-corrected chi connectivity index (χ2v) is 10.4. The van der Waals surface area contributed by atoms with Gasteiger partial charge >= 0.3 is 0 Å². The van der Waals surface area contributed by atoms with Crippen LogP contribution in [0.4, 0.5) is 5.82 Å². The molecular weight excluding hydrogens is 490 g/mol. The van der Waals surface area contributed by atoms with Crippen molar-refractivity contribution in [2.24, 2.45) is 17.4 Å². The molecule has 0 saturated carbocycles. The molecule has 4 heterocycles. The molecule has 0 bridgehead atoms. The third kappa shape index (κ3) is 7.48. The van der Waals surface area contributed by atoms with E-state index >= 15 is 0 Å². The predicted molar refractivity (Wildman–Crippen MR) is 156 cm³/mol. The molecule has 0 saturated heterocycles. The van der Waals surface area contributed by atoms with Gasteiger partial charge in [-0.25, -0.2) is 9.67 Å². The van der Waals surface area contributed by atoms with Gasteiger partial charge < -0.3 is 26.6 Å². The molecule has 0 fully saturated rings. The van der Waals surface area contributed by atoms with Gasteiger partial charge in [0.15, 0.2) is 0 Å². The summed E-state index contributed by atoms with van der Waals surface area (Å²) in [5.74, 6) is 1.41. The average molecular weight is 532 g/mol. The van der Waals surface area contributed by atoms with Gasteiger partial charge in [-0.15, -0.1) is 0 Å². The summed E-state index contributed by atoms with van der Waals surface area (Å²) in [6.07, 6.45) is 7.63. The van der Waals surface area contributed by atoms with Crippen LogP contribution in [-0.2, 0) is 13.1 Å². The number of hydrogen-bond donors (Lipinski definition) is 4. The van der Waals surface area contributed by atoms with Crippen molar-refractivity contribution in [3.63, 3.8) is 0 Å². The number of anilines is 1. The van der Waals surface area contributed by atoms with E-state index in [0.29, 0.717) is 19.0 Å². The van der Waals surface area contributed by atoms with Crippen LogP contribution < -0.4 is 16.8 Å². The number of aromatic nitrogens is 6. The minimum absolute atomic E-state index is 0.546. The van der Waals surface area contributed by atoms with Gasteiger partial charge in [0, 0.05) is 74.9 Å². The molecule has 0 unspecified atom stereocenters. The van der Waals surface area contributed by atoms with Gasteiger partial charge in [-0.1, -0.05) is 13.8 Å². The number of nitrogens with one attached hydrogen (secondary N) is 2. The summed E-state index contributed by atoms with van der Waals surface area (Å²) in [7, 11) is 4.11. The Hall–Kier alpha value is -3.64. The molecule has 208 valence electrons. The predicted octanol–water partition coefficient (Wildman–Crippen LogP) is 2.57. The van der Waals surface area contributed by atoms with Crippen molar-refractivity contribution in [2.75, 3.05) is 52.1 Å². The first-order valence-corrected chi connectivity index (χ1v) is 13.4. The maximum absolute atomic E-state index is 5.80. The Morgan fingerprint density at radius 1 is 0.923 bits per heavy atom. The molecule has 0 aliphatic heterocycles. The van der Waals surface area contributed by atoms with E-state index in [4.69, 9.17) is 21.5 Å². The molecule has 0 radical (unpaired) electrons. The lowest BCUT2D eigenvalue weighted by atomic mass is 10.1. The molecule has 0 atom stereocenters. The number of likely N-dealkylation sites (N-methyl/N-ethyl adjacent to an activating group) is 2. The maximum atomic E-state index is 5.80. The Morgan fingerprint density at radius 3 is 2.28 bits per heavy atom. The minimum atomic E-state index is 0.546. The first-order valence-electron chi connectivity index (χ1n) is 13.4. The van der Waals surface area contributed by atoms with Gasteiger partial charge in [-0.2, -0.15) is 10.2 Å². The number of pyridine rings is 2. The summed E-state index contributed by atoms with van der Waals surface area (Å²) >= 11 is 0. The molecule has 4 aromatic heterocycles. The van der Waals surface area contributed by atoms with Gasteiger partial charge in [-0.05, 0) is 44.3 Å². The normalized spacial score (nSPS) is 11.7. The molecular formula is C28H41N11. The van der Waals surface area contributed by atoms with Crippen LogP contribution in [0.2, 0.25) is 0 Å². The summed E-state index contributed by atoms with van der Waals surface area (Å²) in [6, 6.07) is 8.09. The Morgan fingerprint density at radius 2 is 1.67 bits per heavy atom. The number of H-pyrrole nitrogens is 1. The zero-order valence-corrected chi connectivity index (χ0v) is 23.4. The molecule has 4 aromatic rings. The fourth-order valence-electron chi connectivity index (χ4n) is 4.35. The van der Waals surface area contributed by atoms with Crippen LogP contribution in [-0.4, -0.2) is 86.6 Å². The number of hydrogen-bond acceptors (Lipinski definition) is 9. The highest BCUT2D eigenvalue weighted by atomic mass is 15.3. The topological polar surface area (TPSA) is 143 Å². The van der Waals surface area contributed by atoms with E-state index in [0.717, 1.165) is 78.0 Å². The van der Waals surface area contributed by atoms with Crippen LogP contribution in [0, 0.1) is 5.92 Å². The van der Waals surface area contributed by atoms with Gasteiger partial charge in [0.1, 0.15) is 5.82 Å². The van der Waals surface area contributed by atoms with Gasteiger partial charge in [0.05, 0.1) is 35.2 Å². The van der Waals surface area contributed by atoms with Crippen LogP contribution in [0.15, 0.2) is 49.1 Å². The van der Waals surface area contributed by atoms with E-state index in [1.165, 1.54) is 0 Å². The van der Waals surface area contributed by atoms with Crippen LogP contribution in [0.1, 0.15) is 25.0 Å². The lowest BCUT2D eigenvalue weighted by Gasteiger charge is -2.15. The summed E-state index contributed by atoms with van der Waals surface area (Å²) in [6.45, 7) is 9.52. The van der Waals surface area contributed by atoms with Crippen molar-refractivity contribution in [3.05, 3.63) is 60.2 Å². The minimum Gasteiger partial charge on any atom is -0.370 e. The summed E-state index contributed by atoms with van der Waals surface area (Å²) in [4.78, 5) is 13.7. The van der Waals surface area contributed by atoms with Crippen molar-refractivity contribution in [2.45, 2.75) is 26.9 Å². The van der Waals surface area contributed by atoms with Crippen LogP contribution >= 0.6 is 0 Å². The molecule has 0 spiro atoms. The lowest BCUT2D eigenvalue weighted by molar-refractivity contribution is 0.336. The van der Waals surface area contributed by atoms with Crippen molar-refractivity contribution in [1.82, 2.24) is 39.7 Å². The Kier molecular flexibility index (Phi) is 9.77. The molecule has 0 aliphatic rings. The highest BCUT2D eigenvalue weighted by Crippen LogP contribution is 2.26. The van der Waals surface area contributed by atoms with Crippen LogP contribution in [0.25, 0.3) is 28.3 Å². The monoisotopic (exact) mass is 531 g/mol. The number of nitrogens with zero attached hydrogens (tertiary/aromatic N) is 7. The Balaban J connectivity index is 1.59. The second kappa shape index (κ2) is 13.4. The zero-order chi connectivity index (χ0) is 27.8. The van der Waals surface area contributed by atoms with E-state index in [9.17, 15) is 0 Å². The smallest absolute Gasteiger partial charge is 0.125 e. The standard InChI is InChI=1S/C28H41N11/c1-20(2)13-32-26-8-5-21(14-33-26)27-23(18-38(4)12-10-30)19-39(36-27)24-6-7-25(31-16-24)28-22(15-34-35-28)17-37(3)11-9-29/h5-8,14-16,19-20H,9-13,17-18,29-30H2,1-4H3,(H,32,33)(H,34,35). The number of nitrogens with two attached hydrogens (primary N) is 2. The molecule has 11 nitrogen and oxygen atoms in total. The highest BCUT2D eigenvalue weighted by Gasteiger charge is 2.16. The summed E-state index contributed by atoms with van der Waals surface area (Å²) in [5.41, 5.74) is 18.1. The van der Waals surface area contributed by atoms with Crippen molar-refractivity contribution < 1.29 is 0 Å². The zero-order valence-electron chi connectivity index (χ0n) is 23.4. The van der Waals surface area contributed by atoms with E-state index in [1.807, 2.05) is 48.5 Å². The number of rotatable bonds is 14. The summed E-state index contributed by atoms with van der Waals surface area (Å²) < 4.78 is 1.88. The van der Waals surface area contributed by atoms with Crippen LogP contribution in [0.5, 0.6) is 0 Å². The van der Waals surface area contributed by atoms with Crippen molar-refractivity contribution >= 4 is 5.82 Å². The quantitative estimate of drug-likeness (QED) is 0.193. The highest BCUT2D eigenvalue weighted by molar-refractivity contribution is 5.64. The number of aromatic amines is 1. The van der Waals surface area contributed by atoms with E-state index in [1.54, 1.807) is 0 Å². The molecule has 11 heteroatoms. The molecule has 6 N–H and O–H groups in total. The molecule has 0 aliphatic carbocycles. The first-order chi connectivity index (χ1) is 18.9.